The summed E-state index contributed by atoms with van der Waals surface area (Å²) in [7, 11) is 0. The summed E-state index contributed by atoms with van der Waals surface area (Å²) >= 11 is 3.40. The van der Waals surface area contributed by atoms with Gasteiger partial charge in [-0.05, 0) is 36.8 Å². The second kappa shape index (κ2) is 5.99. The number of aromatic nitrogens is 1. The van der Waals surface area contributed by atoms with Crippen LogP contribution in [-0.2, 0) is 12.7 Å². The number of alkyl halides is 3. The van der Waals surface area contributed by atoms with Crippen LogP contribution in [0.5, 0.6) is 0 Å². The number of rotatable bonds is 2. The third kappa shape index (κ3) is 2.92. The minimum absolute atomic E-state index is 0.0727. The summed E-state index contributed by atoms with van der Waals surface area (Å²) in [6.07, 6.45) is -4.56. The molecule has 24 heavy (non-hydrogen) atoms. The fraction of sp³-hybridized carbons (Fsp3) is 0.167. The van der Waals surface area contributed by atoms with Crippen molar-refractivity contribution in [1.82, 2.24) is 4.57 Å². The van der Waals surface area contributed by atoms with Crippen LogP contribution in [0.2, 0.25) is 0 Å². The van der Waals surface area contributed by atoms with Crippen LogP contribution in [0.4, 0.5) is 18.9 Å². The fourth-order valence-corrected chi connectivity index (χ4v) is 3.32. The maximum atomic E-state index is 13.4. The van der Waals surface area contributed by atoms with Crippen molar-refractivity contribution in [3.8, 4) is 0 Å². The Kier molecular flexibility index (Phi) is 4.14. The minimum Gasteiger partial charge on any atom is -0.341 e. The van der Waals surface area contributed by atoms with E-state index in [9.17, 15) is 13.2 Å². The molecule has 122 valence electrons. The number of aryl methyl sites for hydroxylation is 1. The number of hydrogen-bond acceptors (Lipinski definition) is 0. The molecule has 1 heterocycles. The summed E-state index contributed by atoms with van der Waals surface area (Å²) in [4.78, 5) is 3.04. The van der Waals surface area contributed by atoms with Crippen molar-refractivity contribution in [2.24, 2.45) is 0 Å². The molecule has 0 unspecified atom stereocenters. The Labute approximate surface area is 145 Å². The van der Waals surface area contributed by atoms with Gasteiger partial charge in [-0.3, -0.25) is 0 Å². The Balaban J connectivity index is 2.21. The highest BCUT2D eigenvalue weighted by Gasteiger charge is 2.36. The number of hydrogen-bond donors (Lipinski definition) is 0. The molecule has 0 aliphatic rings. The van der Waals surface area contributed by atoms with Gasteiger partial charge in [-0.2, -0.15) is 13.2 Å². The molecule has 0 saturated carbocycles. The highest BCUT2D eigenvalue weighted by atomic mass is 79.9. The molecular weight excluding hydrogens is 381 g/mol. The topological polar surface area (TPSA) is 9.29 Å². The zero-order valence-corrected chi connectivity index (χ0v) is 14.2. The molecule has 0 fully saturated rings. The molecule has 3 aromatic rings. The highest BCUT2D eigenvalue weighted by Crippen LogP contribution is 2.42. The molecule has 1 aromatic heterocycles. The zero-order valence-electron chi connectivity index (χ0n) is 12.7. The molecule has 0 aliphatic carbocycles. The van der Waals surface area contributed by atoms with Crippen LogP contribution in [-0.4, -0.2) is 4.57 Å². The van der Waals surface area contributed by atoms with Crippen molar-refractivity contribution in [2.75, 3.05) is 0 Å². The largest absolute Gasteiger partial charge is 0.408 e. The molecule has 6 heteroatoms. The predicted molar refractivity (Wildman–Crippen MR) is 91.2 cm³/mol. The fourth-order valence-electron chi connectivity index (χ4n) is 2.87. The maximum Gasteiger partial charge on any atom is 0.408 e. The van der Waals surface area contributed by atoms with Crippen LogP contribution < -0.4 is 0 Å². The molecule has 2 aromatic carbocycles. The Hall–Kier alpha value is -2.26. The summed E-state index contributed by atoms with van der Waals surface area (Å²) in [6.45, 7) is 9.25. The van der Waals surface area contributed by atoms with Crippen LogP contribution >= 0.6 is 15.9 Å². The lowest BCUT2D eigenvalue weighted by molar-refractivity contribution is -0.135. The molecule has 0 N–H and O–H groups in total. The van der Waals surface area contributed by atoms with Gasteiger partial charge in [0.05, 0.1) is 12.1 Å². The van der Waals surface area contributed by atoms with Crippen LogP contribution in [0.3, 0.4) is 0 Å². The van der Waals surface area contributed by atoms with Gasteiger partial charge in [0.2, 0.25) is 0 Å². The normalized spacial score (nSPS) is 11.7. The zero-order chi connectivity index (χ0) is 17.5. The van der Waals surface area contributed by atoms with Gasteiger partial charge in [0, 0.05) is 27.6 Å². The van der Waals surface area contributed by atoms with E-state index in [1.807, 2.05) is 28.8 Å². The van der Waals surface area contributed by atoms with Crippen molar-refractivity contribution >= 4 is 32.5 Å². The average Bonchev–Trinajstić information content (AvgIpc) is 2.81. The van der Waals surface area contributed by atoms with E-state index in [-0.39, 0.29) is 11.1 Å². The van der Waals surface area contributed by atoms with Crippen LogP contribution in [0.25, 0.3) is 15.7 Å². The van der Waals surface area contributed by atoms with Crippen molar-refractivity contribution in [1.29, 1.82) is 0 Å². The first kappa shape index (κ1) is 16.6. The molecule has 3 rings (SSSR count). The second-order valence-electron chi connectivity index (χ2n) is 5.50. The van der Waals surface area contributed by atoms with E-state index < -0.39 is 11.7 Å². The standard InChI is InChI=1S/C18H12BrF3N2/c1-11-8-14-16(7-6-15(23-2)17(14)18(20,21)22)24(11)10-12-4-3-5-13(19)9-12/h3-9H,10H2,1H3. The second-order valence-corrected chi connectivity index (χ2v) is 6.42. The first-order valence-corrected chi connectivity index (χ1v) is 7.92. The smallest absolute Gasteiger partial charge is 0.341 e. The van der Waals surface area contributed by atoms with Gasteiger partial charge in [0.15, 0.2) is 5.69 Å². The first-order chi connectivity index (χ1) is 11.3. The van der Waals surface area contributed by atoms with Crippen LogP contribution in [0, 0.1) is 13.5 Å². The number of benzene rings is 2. The number of fused-ring (bicyclic) bond motifs is 1. The Morgan fingerprint density at radius 2 is 1.92 bits per heavy atom. The summed E-state index contributed by atoms with van der Waals surface area (Å²) < 4.78 is 43.0. The van der Waals surface area contributed by atoms with E-state index in [4.69, 9.17) is 6.57 Å². The van der Waals surface area contributed by atoms with Gasteiger partial charge in [0.1, 0.15) is 0 Å². The van der Waals surface area contributed by atoms with E-state index in [1.165, 1.54) is 12.1 Å². The minimum atomic E-state index is -4.56. The third-order valence-corrected chi connectivity index (χ3v) is 4.40. The lowest BCUT2D eigenvalue weighted by Gasteiger charge is -2.12. The Morgan fingerprint density at radius 3 is 2.54 bits per heavy atom. The molecule has 0 amide bonds. The van der Waals surface area contributed by atoms with Gasteiger partial charge in [-0.25, -0.2) is 4.85 Å². The van der Waals surface area contributed by atoms with Gasteiger partial charge in [-0.1, -0.05) is 34.1 Å². The third-order valence-electron chi connectivity index (χ3n) is 3.90. The van der Waals surface area contributed by atoms with Gasteiger partial charge in [0.25, 0.3) is 0 Å². The van der Waals surface area contributed by atoms with Crippen molar-refractivity contribution in [3.63, 3.8) is 0 Å². The Bertz CT molecular complexity index is 965. The number of halogens is 4. The molecule has 0 bridgehead atoms. The molecule has 0 atom stereocenters. The first-order valence-electron chi connectivity index (χ1n) is 7.13. The average molecular weight is 393 g/mol. The molecular formula is C18H12BrF3N2. The quantitative estimate of drug-likeness (QED) is 0.450. The Morgan fingerprint density at radius 1 is 1.17 bits per heavy atom. The summed E-state index contributed by atoms with van der Waals surface area (Å²) in [5.41, 5.74) is 0.957. The van der Waals surface area contributed by atoms with Gasteiger partial charge in [-0.15, -0.1) is 0 Å². The van der Waals surface area contributed by atoms with Crippen LogP contribution in [0.1, 0.15) is 16.8 Å². The van der Waals surface area contributed by atoms with Gasteiger partial charge >= 0.3 is 6.18 Å². The number of nitrogens with zero attached hydrogens (tertiary/aromatic N) is 2. The van der Waals surface area contributed by atoms with E-state index in [1.54, 1.807) is 13.0 Å². The molecule has 0 aliphatic heterocycles. The monoisotopic (exact) mass is 392 g/mol. The SMILES string of the molecule is [C-]#[N+]c1ccc2c(cc(C)n2Cc2cccc(Br)c2)c1C(F)(F)F. The van der Waals surface area contributed by atoms with Gasteiger partial charge < -0.3 is 4.57 Å². The predicted octanol–water partition coefficient (Wildman–Crippen LogP) is 6.33. The summed E-state index contributed by atoms with van der Waals surface area (Å²) in [5, 5.41) is 0.0727. The van der Waals surface area contributed by atoms with Crippen molar-refractivity contribution in [2.45, 2.75) is 19.6 Å². The highest BCUT2D eigenvalue weighted by molar-refractivity contribution is 9.10. The van der Waals surface area contributed by atoms with E-state index in [0.29, 0.717) is 12.1 Å². The van der Waals surface area contributed by atoms with Crippen molar-refractivity contribution in [3.05, 3.63) is 75.2 Å². The van der Waals surface area contributed by atoms with Crippen molar-refractivity contribution < 1.29 is 13.2 Å². The molecule has 2 nitrogen and oxygen atoms in total. The van der Waals surface area contributed by atoms with E-state index in [2.05, 4.69) is 20.8 Å². The lowest BCUT2D eigenvalue weighted by atomic mass is 10.1. The molecule has 0 radical (unpaired) electrons. The maximum absolute atomic E-state index is 13.4. The summed E-state index contributed by atoms with van der Waals surface area (Å²) in [5.74, 6) is 0. The van der Waals surface area contributed by atoms with Crippen LogP contribution in [0.15, 0.2) is 46.9 Å². The molecule has 0 spiro atoms. The summed E-state index contributed by atoms with van der Waals surface area (Å²) in [6, 6.07) is 12.0. The van der Waals surface area contributed by atoms with E-state index >= 15 is 0 Å². The lowest BCUT2D eigenvalue weighted by Crippen LogP contribution is -2.06. The molecule has 0 saturated heterocycles. The van der Waals surface area contributed by atoms with E-state index in [0.717, 1.165) is 15.7 Å².